The normalized spacial score (nSPS) is 10.6. The summed E-state index contributed by atoms with van der Waals surface area (Å²) in [5.41, 5.74) is 2.73. The molecule has 0 aliphatic rings. The monoisotopic (exact) mass is 302 g/mol. The van der Waals surface area contributed by atoms with Gasteiger partial charge in [-0.1, -0.05) is 30.3 Å². The number of nitrogens with one attached hydrogen (secondary N) is 1. The van der Waals surface area contributed by atoms with Crippen LogP contribution in [0.1, 0.15) is 16.9 Å². The number of aliphatic hydroxyl groups excluding tert-OH is 1. The molecule has 0 unspecified atom stereocenters. The van der Waals surface area contributed by atoms with Crippen molar-refractivity contribution in [2.24, 2.45) is 7.05 Å². The summed E-state index contributed by atoms with van der Waals surface area (Å²) in [6.45, 7) is 1.45. The van der Waals surface area contributed by atoms with Gasteiger partial charge in [-0.15, -0.1) is 0 Å². The van der Waals surface area contributed by atoms with E-state index in [0.717, 1.165) is 17.7 Å². The van der Waals surface area contributed by atoms with E-state index in [2.05, 4.69) is 5.32 Å². The molecule has 1 aromatic heterocycles. The molecule has 118 valence electrons. The van der Waals surface area contributed by atoms with Crippen LogP contribution in [-0.2, 0) is 11.8 Å². The summed E-state index contributed by atoms with van der Waals surface area (Å²) in [6.07, 6.45) is 0.724. The fraction of sp³-hybridized carbons (Fsp3) is 0.353. The lowest BCUT2D eigenvalue weighted by atomic mass is 10.2. The molecule has 0 aliphatic heterocycles. The predicted molar refractivity (Wildman–Crippen MR) is 85.7 cm³/mol. The second kappa shape index (κ2) is 8.36. The van der Waals surface area contributed by atoms with Crippen molar-refractivity contribution in [3.05, 3.63) is 48.2 Å². The van der Waals surface area contributed by atoms with Gasteiger partial charge in [-0.3, -0.25) is 4.79 Å². The van der Waals surface area contributed by atoms with E-state index < -0.39 is 0 Å². The molecule has 0 saturated heterocycles. The maximum absolute atomic E-state index is 12.2. The standard InChI is InChI=1S/C17H22N2O3/c1-19-15(14-6-3-2-4-7-14)8-9-16(19)17(21)18-10-5-12-22-13-11-20/h2-4,6-9,20H,5,10-13H2,1H3,(H,18,21). The largest absolute Gasteiger partial charge is 0.394 e. The van der Waals surface area contributed by atoms with Crippen LogP contribution in [-0.4, -0.2) is 41.9 Å². The molecule has 0 atom stereocenters. The van der Waals surface area contributed by atoms with Crippen molar-refractivity contribution >= 4 is 5.91 Å². The van der Waals surface area contributed by atoms with Gasteiger partial charge in [0.15, 0.2) is 0 Å². The molecule has 1 aromatic carbocycles. The van der Waals surface area contributed by atoms with E-state index in [9.17, 15) is 4.79 Å². The van der Waals surface area contributed by atoms with Crippen molar-refractivity contribution in [2.45, 2.75) is 6.42 Å². The number of amides is 1. The minimum absolute atomic E-state index is 0.0258. The fourth-order valence-electron chi connectivity index (χ4n) is 2.27. The minimum atomic E-state index is -0.0909. The highest BCUT2D eigenvalue weighted by Crippen LogP contribution is 2.21. The first-order valence-electron chi connectivity index (χ1n) is 7.42. The second-order valence-corrected chi connectivity index (χ2v) is 4.97. The zero-order valence-corrected chi connectivity index (χ0v) is 12.8. The van der Waals surface area contributed by atoms with Gasteiger partial charge in [0.2, 0.25) is 0 Å². The maximum Gasteiger partial charge on any atom is 0.267 e. The molecule has 2 rings (SSSR count). The Bertz CT molecular complexity index is 593. The molecule has 0 spiro atoms. The van der Waals surface area contributed by atoms with Crippen molar-refractivity contribution in [1.82, 2.24) is 9.88 Å². The number of benzene rings is 1. The molecule has 1 heterocycles. The third kappa shape index (κ3) is 4.19. The minimum Gasteiger partial charge on any atom is -0.394 e. The highest BCUT2D eigenvalue weighted by Gasteiger charge is 2.12. The van der Waals surface area contributed by atoms with Gasteiger partial charge in [-0.05, 0) is 24.1 Å². The Balaban J connectivity index is 1.90. The molecule has 5 nitrogen and oxygen atoms in total. The summed E-state index contributed by atoms with van der Waals surface area (Å²) in [7, 11) is 1.89. The van der Waals surface area contributed by atoms with E-state index in [0.29, 0.717) is 25.5 Å². The molecule has 5 heteroatoms. The Morgan fingerprint density at radius 1 is 1.18 bits per heavy atom. The predicted octanol–water partition coefficient (Wildman–Crippen LogP) is 1.82. The van der Waals surface area contributed by atoms with Gasteiger partial charge in [-0.25, -0.2) is 0 Å². The van der Waals surface area contributed by atoms with Crippen LogP contribution in [0.3, 0.4) is 0 Å². The van der Waals surface area contributed by atoms with E-state index in [1.54, 1.807) is 0 Å². The lowest BCUT2D eigenvalue weighted by Crippen LogP contribution is -2.27. The van der Waals surface area contributed by atoms with E-state index in [-0.39, 0.29) is 12.5 Å². The maximum atomic E-state index is 12.2. The molecule has 1 amide bonds. The summed E-state index contributed by atoms with van der Waals surface area (Å²) in [5, 5.41) is 11.5. The number of hydrogen-bond acceptors (Lipinski definition) is 3. The molecule has 2 aromatic rings. The summed E-state index contributed by atoms with van der Waals surface area (Å²) < 4.78 is 7.05. The lowest BCUT2D eigenvalue weighted by molar-refractivity contribution is 0.0864. The van der Waals surface area contributed by atoms with Gasteiger partial charge in [0, 0.05) is 25.9 Å². The molecule has 0 aliphatic carbocycles. The topological polar surface area (TPSA) is 63.5 Å². The highest BCUT2D eigenvalue weighted by molar-refractivity contribution is 5.93. The third-order valence-electron chi connectivity index (χ3n) is 3.41. The van der Waals surface area contributed by atoms with Crippen LogP contribution in [0.15, 0.2) is 42.5 Å². The van der Waals surface area contributed by atoms with Gasteiger partial charge in [-0.2, -0.15) is 0 Å². The number of aromatic nitrogens is 1. The first kappa shape index (κ1) is 16.3. The third-order valence-corrected chi connectivity index (χ3v) is 3.41. The van der Waals surface area contributed by atoms with Crippen LogP contribution in [0.2, 0.25) is 0 Å². The van der Waals surface area contributed by atoms with Crippen molar-refractivity contribution in [1.29, 1.82) is 0 Å². The summed E-state index contributed by atoms with van der Waals surface area (Å²) >= 11 is 0. The molecular formula is C17H22N2O3. The number of ether oxygens (including phenoxy) is 1. The quantitative estimate of drug-likeness (QED) is 0.731. The molecule has 0 radical (unpaired) electrons. The van der Waals surface area contributed by atoms with E-state index in [4.69, 9.17) is 9.84 Å². The smallest absolute Gasteiger partial charge is 0.267 e. The number of aliphatic hydroxyl groups is 1. The molecule has 0 fully saturated rings. The first-order chi connectivity index (χ1) is 10.7. The highest BCUT2D eigenvalue weighted by atomic mass is 16.5. The van der Waals surface area contributed by atoms with Crippen molar-refractivity contribution in [2.75, 3.05) is 26.4 Å². The Labute approximate surface area is 130 Å². The van der Waals surface area contributed by atoms with Crippen molar-refractivity contribution in [3.8, 4) is 11.3 Å². The average Bonchev–Trinajstić information content (AvgIpc) is 2.93. The number of hydrogen-bond donors (Lipinski definition) is 2. The van der Waals surface area contributed by atoms with Crippen molar-refractivity contribution < 1.29 is 14.6 Å². The SMILES string of the molecule is Cn1c(C(=O)NCCCOCCO)ccc1-c1ccccc1. The van der Waals surface area contributed by atoms with Crippen LogP contribution in [0.4, 0.5) is 0 Å². The Kier molecular flexibility index (Phi) is 6.18. The Morgan fingerprint density at radius 2 is 1.95 bits per heavy atom. The van der Waals surface area contributed by atoms with Crippen LogP contribution in [0.5, 0.6) is 0 Å². The second-order valence-electron chi connectivity index (χ2n) is 4.97. The number of rotatable bonds is 8. The lowest BCUT2D eigenvalue weighted by Gasteiger charge is -2.09. The number of carbonyl (C=O) groups is 1. The van der Waals surface area contributed by atoms with E-state index in [1.165, 1.54) is 0 Å². The summed E-state index contributed by atoms with van der Waals surface area (Å²) in [6, 6.07) is 13.8. The Hall–Kier alpha value is -2.11. The molecule has 0 saturated carbocycles. The number of nitrogens with zero attached hydrogens (tertiary/aromatic N) is 1. The summed E-state index contributed by atoms with van der Waals surface area (Å²) in [4.78, 5) is 12.2. The molecule has 22 heavy (non-hydrogen) atoms. The number of carbonyl (C=O) groups excluding carboxylic acids is 1. The Morgan fingerprint density at radius 3 is 2.68 bits per heavy atom. The van der Waals surface area contributed by atoms with E-state index >= 15 is 0 Å². The summed E-state index contributed by atoms with van der Waals surface area (Å²) in [5.74, 6) is -0.0909. The first-order valence-corrected chi connectivity index (χ1v) is 7.42. The molecule has 2 N–H and O–H groups in total. The van der Waals surface area contributed by atoms with Gasteiger partial charge < -0.3 is 19.7 Å². The van der Waals surface area contributed by atoms with Crippen LogP contribution < -0.4 is 5.32 Å². The van der Waals surface area contributed by atoms with Gasteiger partial charge in [0.1, 0.15) is 5.69 Å². The van der Waals surface area contributed by atoms with E-state index in [1.807, 2.05) is 54.1 Å². The zero-order valence-electron chi connectivity index (χ0n) is 12.8. The molecule has 0 bridgehead atoms. The van der Waals surface area contributed by atoms with Crippen molar-refractivity contribution in [3.63, 3.8) is 0 Å². The van der Waals surface area contributed by atoms with Gasteiger partial charge >= 0.3 is 0 Å². The fourth-order valence-corrected chi connectivity index (χ4v) is 2.27. The average molecular weight is 302 g/mol. The van der Waals surface area contributed by atoms with Crippen LogP contribution in [0, 0.1) is 0 Å². The van der Waals surface area contributed by atoms with Crippen LogP contribution >= 0.6 is 0 Å². The molecular weight excluding hydrogens is 280 g/mol. The zero-order chi connectivity index (χ0) is 15.8. The van der Waals surface area contributed by atoms with Crippen LogP contribution in [0.25, 0.3) is 11.3 Å². The van der Waals surface area contributed by atoms with Gasteiger partial charge in [0.05, 0.1) is 13.2 Å². The van der Waals surface area contributed by atoms with Gasteiger partial charge in [0.25, 0.3) is 5.91 Å².